The van der Waals surface area contributed by atoms with E-state index < -0.39 is 16.1 Å². The van der Waals surface area contributed by atoms with Gasteiger partial charge in [-0.1, -0.05) is 62.2 Å². The minimum absolute atomic E-state index is 0.0791. The minimum Gasteiger partial charge on any atom is -0.495 e. The van der Waals surface area contributed by atoms with Crippen molar-refractivity contribution in [3.8, 4) is 5.75 Å². The maximum Gasteiger partial charge on any atom is 0.242 e. The zero-order valence-electron chi connectivity index (χ0n) is 23.2. The van der Waals surface area contributed by atoms with Gasteiger partial charge in [0.1, 0.15) is 11.8 Å². The minimum atomic E-state index is -3.63. The van der Waals surface area contributed by atoms with Crippen molar-refractivity contribution in [3.63, 3.8) is 0 Å². The Balaban J connectivity index is 2.22. The fourth-order valence-electron chi connectivity index (χ4n) is 4.05. The van der Waals surface area contributed by atoms with Crippen LogP contribution in [0.4, 0.5) is 5.69 Å². The van der Waals surface area contributed by atoms with E-state index >= 15 is 0 Å². The van der Waals surface area contributed by atoms with E-state index in [2.05, 4.69) is 5.32 Å². The topological polar surface area (TPSA) is 96.0 Å². The van der Waals surface area contributed by atoms with Gasteiger partial charge in [0.25, 0.3) is 0 Å². The molecule has 0 unspecified atom stereocenters. The number of benzene rings is 2. The van der Waals surface area contributed by atoms with E-state index in [4.69, 9.17) is 16.3 Å². The Morgan fingerprint density at radius 3 is 2.29 bits per heavy atom. The van der Waals surface area contributed by atoms with Gasteiger partial charge in [0.2, 0.25) is 21.8 Å². The van der Waals surface area contributed by atoms with Crippen molar-refractivity contribution in [2.24, 2.45) is 5.92 Å². The van der Waals surface area contributed by atoms with E-state index in [0.29, 0.717) is 24.4 Å². The third kappa shape index (κ3) is 9.20. The zero-order valence-corrected chi connectivity index (χ0v) is 24.7. The Morgan fingerprint density at radius 1 is 1.11 bits per heavy atom. The fourth-order valence-corrected chi connectivity index (χ4v) is 5.26. The van der Waals surface area contributed by atoms with Gasteiger partial charge in [-0.3, -0.25) is 13.9 Å². The van der Waals surface area contributed by atoms with Gasteiger partial charge in [-0.25, -0.2) is 8.42 Å². The van der Waals surface area contributed by atoms with Crippen LogP contribution in [0.15, 0.2) is 42.5 Å². The van der Waals surface area contributed by atoms with Crippen LogP contribution in [-0.4, -0.2) is 57.6 Å². The molecule has 0 heterocycles. The molecule has 2 rings (SSSR count). The molecule has 0 spiro atoms. The number of aryl methyl sites for hydroxylation is 1. The second kappa shape index (κ2) is 14.4. The normalized spacial score (nSPS) is 12.2. The van der Waals surface area contributed by atoms with Crippen LogP contribution in [0.5, 0.6) is 5.75 Å². The predicted molar refractivity (Wildman–Crippen MR) is 153 cm³/mol. The van der Waals surface area contributed by atoms with Gasteiger partial charge in [-0.05, 0) is 49.4 Å². The number of sulfonamides is 1. The van der Waals surface area contributed by atoms with Crippen molar-refractivity contribution >= 4 is 39.1 Å². The molecule has 1 atom stereocenters. The lowest BCUT2D eigenvalue weighted by molar-refractivity contribution is -0.141. The van der Waals surface area contributed by atoms with E-state index in [1.807, 2.05) is 52.0 Å². The third-order valence-corrected chi connectivity index (χ3v) is 7.61. The average Bonchev–Trinajstić information content (AvgIpc) is 2.85. The average molecular weight is 566 g/mol. The van der Waals surface area contributed by atoms with Gasteiger partial charge in [0, 0.05) is 26.1 Å². The zero-order chi connectivity index (χ0) is 28.5. The van der Waals surface area contributed by atoms with E-state index in [-0.39, 0.29) is 48.7 Å². The van der Waals surface area contributed by atoms with E-state index in [1.165, 1.54) is 17.5 Å². The quantitative estimate of drug-likeness (QED) is 0.355. The van der Waals surface area contributed by atoms with Crippen molar-refractivity contribution in [2.45, 2.75) is 59.5 Å². The summed E-state index contributed by atoms with van der Waals surface area (Å²) in [5.74, 6) is 0.323. The van der Waals surface area contributed by atoms with Crippen LogP contribution in [-0.2, 0) is 26.2 Å². The molecule has 2 amide bonds. The molecular weight excluding hydrogens is 526 g/mol. The smallest absolute Gasteiger partial charge is 0.242 e. The van der Waals surface area contributed by atoms with Crippen molar-refractivity contribution < 1.29 is 22.7 Å². The number of nitrogens with zero attached hydrogens (tertiary/aromatic N) is 2. The first kappa shape index (κ1) is 31.4. The van der Waals surface area contributed by atoms with E-state index in [0.717, 1.165) is 17.4 Å². The molecule has 10 heteroatoms. The predicted octanol–water partition coefficient (Wildman–Crippen LogP) is 4.78. The Labute approximate surface area is 232 Å². The number of hydrogen-bond acceptors (Lipinski definition) is 5. The molecule has 0 aliphatic carbocycles. The number of hydrogen-bond donors (Lipinski definition) is 1. The van der Waals surface area contributed by atoms with Gasteiger partial charge in [0.15, 0.2) is 0 Å². The maximum atomic E-state index is 13.5. The largest absolute Gasteiger partial charge is 0.495 e. The number of nitrogens with one attached hydrogen (secondary N) is 1. The lowest BCUT2D eigenvalue weighted by Crippen LogP contribution is -2.49. The molecule has 0 aliphatic rings. The number of anilines is 1. The molecule has 0 saturated carbocycles. The number of halogens is 1. The first-order valence-electron chi connectivity index (χ1n) is 12.8. The molecule has 0 aromatic heterocycles. The molecule has 38 heavy (non-hydrogen) atoms. The summed E-state index contributed by atoms with van der Waals surface area (Å²) in [6.07, 6.45) is 1.92. The number of ether oxygens (including phenoxy) is 1. The Bertz CT molecular complexity index is 1190. The molecule has 210 valence electrons. The van der Waals surface area contributed by atoms with Crippen LogP contribution in [0.2, 0.25) is 5.02 Å². The molecule has 8 nitrogen and oxygen atoms in total. The first-order chi connectivity index (χ1) is 17.9. The highest BCUT2D eigenvalue weighted by Crippen LogP contribution is 2.30. The Morgan fingerprint density at radius 2 is 1.76 bits per heavy atom. The molecule has 0 saturated heterocycles. The monoisotopic (exact) mass is 565 g/mol. The molecule has 0 bridgehead atoms. The van der Waals surface area contributed by atoms with Crippen LogP contribution >= 0.6 is 11.6 Å². The number of carbonyl (C=O) groups excluding carboxylic acids is 2. The van der Waals surface area contributed by atoms with Crippen molar-refractivity contribution in [1.29, 1.82) is 0 Å². The summed E-state index contributed by atoms with van der Waals surface area (Å²) in [4.78, 5) is 28.1. The molecule has 0 radical (unpaired) electrons. The molecule has 1 N–H and O–H groups in total. The van der Waals surface area contributed by atoms with E-state index in [9.17, 15) is 18.0 Å². The summed E-state index contributed by atoms with van der Waals surface area (Å²) in [5.41, 5.74) is 2.42. The van der Waals surface area contributed by atoms with E-state index in [1.54, 1.807) is 17.0 Å². The van der Waals surface area contributed by atoms with Crippen LogP contribution in [0, 0.1) is 12.8 Å². The second-order valence-corrected chi connectivity index (χ2v) is 12.1. The second-order valence-electron chi connectivity index (χ2n) is 9.83. The lowest BCUT2D eigenvalue weighted by Gasteiger charge is -2.31. The summed E-state index contributed by atoms with van der Waals surface area (Å²) >= 11 is 6.22. The summed E-state index contributed by atoms with van der Waals surface area (Å²) in [6, 6.07) is 12.0. The van der Waals surface area contributed by atoms with Crippen LogP contribution in [0.3, 0.4) is 0 Å². The van der Waals surface area contributed by atoms with Crippen LogP contribution in [0.25, 0.3) is 0 Å². The SMILES string of the molecule is CC[C@H](C(=O)NCC(C)C)N(Cc1ccc(C)cc1)C(=O)CCCN(c1ccc(OC)c(Cl)c1)S(C)(=O)=O. The van der Waals surface area contributed by atoms with Crippen LogP contribution in [0.1, 0.15) is 51.2 Å². The number of carbonyl (C=O) groups is 2. The van der Waals surface area contributed by atoms with Gasteiger partial charge in [-0.2, -0.15) is 0 Å². The Kier molecular flexibility index (Phi) is 11.9. The molecule has 2 aromatic rings. The van der Waals surface area contributed by atoms with Gasteiger partial charge in [0.05, 0.1) is 24.1 Å². The number of rotatable bonds is 14. The lowest BCUT2D eigenvalue weighted by atomic mass is 10.1. The van der Waals surface area contributed by atoms with Crippen LogP contribution < -0.4 is 14.4 Å². The summed E-state index contributed by atoms with van der Waals surface area (Å²) in [7, 11) is -2.15. The Hall–Kier alpha value is -2.78. The van der Waals surface area contributed by atoms with Gasteiger partial charge >= 0.3 is 0 Å². The number of methoxy groups -OCH3 is 1. The molecule has 0 aliphatic heterocycles. The maximum absolute atomic E-state index is 13.5. The third-order valence-electron chi connectivity index (χ3n) is 6.12. The number of amides is 2. The van der Waals surface area contributed by atoms with Crippen molar-refractivity contribution in [2.75, 3.05) is 30.8 Å². The highest BCUT2D eigenvalue weighted by molar-refractivity contribution is 7.92. The molecule has 0 fully saturated rings. The standard InChI is InChI=1S/C28H40ClN3O5S/c1-7-25(28(34)30-18-20(2)3)31(19-22-12-10-21(4)11-13-22)27(33)9-8-16-32(38(6,35)36)23-14-15-26(37-5)24(29)17-23/h10-15,17,20,25H,7-9,16,18-19H2,1-6H3,(H,30,34)/t25-/m1/s1. The molecular formula is C28H40ClN3O5S. The summed E-state index contributed by atoms with van der Waals surface area (Å²) in [6.45, 7) is 8.80. The summed E-state index contributed by atoms with van der Waals surface area (Å²) < 4.78 is 31.5. The highest BCUT2D eigenvalue weighted by Gasteiger charge is 2.29. The summed E-state index contributed by atoms with van der Waals surface area (Å²) in [5, 5.41) is 3.24. The highest BCUT2D eigenvalue weighted by atomic mass is 35.5. The van der Waals surface area contributed by atoms with Crippen molar-refractivity contribution in [1.82, 2.24) is 10.2 Å². The van der Waals surface area contributed by atoms with Gasteiger partial charge in [-0.15, -0.1) is 0 Å². The van der Waals surface area contributed by atoms with Crippen molar-refractivity contribution in [3.05, 3.63) is 58.6 Å². The molecule has 2 aromatic carbocycles. The van der Waals surface area contributed by atoms with Gasteiger partial charge < -0.3 is 15.0 Å². The first-order valence-corrected chi connectivity index (χ1v) is 15.0. The fraction of sp³-hybridized carbons (Fsp3) is 0.500.